The van der Waals surface area contributed by atoms with E-state index in [2.05, 4.69) is 9.80 Å². The summed E-state index contributed by atoms with van der Waals surface area (Å²) in [4.78, 5) is 21.7. The number of piperazine rings is 1. The van der Waals surface area contributed by atoms with Crippen LogP contribution in [0.25, 0.3) is 10.2 Å². The minimum absolute atomic E-state index is 0.352. The summed E-state index contributed by atoms with van der Waals surface area (Å²) in [6, 6.07) is 6.01. The van der Waals surface area contributed by atoms with E-state index >= 15 is 0 Å². The monoisotopic (exact) mass is 373 g/mol. The molecule has 1 aliphatic heterocycles. The highest BCUT2D eigenvalue weighted by Gasteiger charge is 2.25. The highest BCUT2D eigenvalue weighted by atomic mass is 32.1. The Kier molecular flexibility index (Phi) is 5.29. The van der Waals surface area contributed by atoms with E-state index in [1.54, 1.807) is 18.4 Å². The number of hydrogen-bond donors (Lipinski definition) is 0. The minimum atomic E-state index is 0.352. The summed E-state index contributed by atoms with van der Waals surface area (Å²) in [6.45, 7) is 3.36. The average molecular weight is 374 g/mol. The number of rotatable bonds is 4. The first-order valence-corrected chi connectivity index (χ1v) is 10.5. The Balaban J connectivity index is 1.35. The number of anilines is 1. The lowest BCUT2D eigenvalue weighted by atomic mass is 9.86. The quantitative estimate of drug-likeness (QED) is 0.815. The summed E-state index contributed by atoms with van der Waals surface area (Å²) in [5, 5.41) is 1.05. The van der Waals surface area contributed by atoms with Crippen molar-refractivity contribution in [2.24, 2.45) is 5.92 Å². The van der Waals surface area contributed by atoms with Crippen LogP contribution in [-0.4, -0.2) is 49.1 Å². The molecular weight excluding hydrogens is 346 g/mol. The maximum absolute atomic E-state index is 12.6. The van der Waals surface area contributed by atoms with Crippen molar-refractivity contribution in [3.63, 3.8) is 0 Å². The highest BCUT2D eigenvalue weighted by molar-refractivity contribution is 7.22. The molecule has 2 fully saturated rings. The van der Waals surface area contributed by atoms with Gasteiger partial charge in [0.15, 0.2) is 5.13 Å². The Labute approximate surface area is 159 Å². The number of nitrogens with zero attached hydrogens (tertiary/aromatic N) is 3. The Bertz CT molecular complexity index is 762. The lowest BCUT2D eigenvalue weighted by Crippen LogP contribution is -2.49. The number of fused-ring (bicyclic) bond motifs is 1. The average Bonchev–Trinajstić information content (AvgIpc) is 3.12. The molecule has 1 saturated carbocycles. The van der Waals surface area contributed by atoms with Gasteiger partial charge in [0, 0.05) is 32.6 Å². The molecule has 0 bridgehead atoms. The molecule has 2 aromatic rings. The summed E-state index contributed by atoms with van der Waals surface area (Å²) < 4.78 is 6.45. The molecule has 6 heteroatoms. The standard InChI is InChI=1S/C20H27N3O2S/c1-25-16-7-8-17-18(14-16)26-20(21-17)23-11-9-22(10-12-23)19(24)13-15-5-3-2-4-6-15/h7-8,14-15H,2-6,9-13H2,1H3. The number of amides is 1. The van der Waals surface area contributed by atoms with Gasteiger partial charge in [-0.25, -0.2) is 4.98 Å². The minimum Gasteiger partial charge on any atom is -0.497 e. The maximum Gasteiger partial charge on any atom is 0.222 e. The fraction of sp³-hybridized carbons (Fsp3) is 0.600. The van der Waals surface area contributed by atoms with Gasteiger partial charge in [0.2, 0.25) is 5.91 Å². The van der Waals surface area contributed by atoms with Crippen LogP contribution in [0, 0.1) is 5.92 Å². The van der Waals surface area contributed by atoms with E-state index < -0.39 is 0 Å². The van der Waals surface area contributed by atoms with Crippen LogP contribution in [0.3, 0.4) is 0 Å². The number of carbonyl (C=O) groups is 1. The molecule has 140 valence electrons. The number of benzene rings is 1. The third-order valence-electron chi connectivity index (χ3n) is 5.68. The number of hydrogen-bond acceptors (Lipinski definition) is 5. The maximum atomic E-state index is 12.6. The first kappa shape index (κ1) is 17.6. The number of carbonyl (C=O) groups excluding carboxylic acids is 1. The van der Waals surface area contributed by atoms with Gasteiger partial charge in [-0.05, 0) is 37.0 Å². The Morgan fingerprint density at radius 2 is 1.96 bits per heavy atom. The third-order valence-corrected chi connectivity index (χ3v) is 6.75. The van der Waals surface area contributed by atoms with Crippen molar-refractivity contribution in [2.75, 3.05) is 38.2 Å². The molecule has 1 amide bonds. The van der Waals surface area contributed by atoms with Gasteiger partial charge >= 0.3 is 0 Å². The normalized spacial score (nSPS) is 19.1. The van der Waals surface area contributed by atoms with Crippen molar-refractivity contribution >= 4 is 32.6 Å². The van der Waals surface area contributed by atoms with Crippen molar-refractivity contribution in [1.82, 2.24) is 9.88 Å². The molecule has 4 rings (SSSR count). The largest absolute Gasteiger partial charge is 0.497 e. The van der Waals surface area contributed by atoms with Crippen LogP contribution in [0.4, 0.5) is 5.13 Å². The van der Waals surface area contributed by atoms with Crippen molar-refractivity contribution in [3.8, 4) is 5.75 Å². The van der Waals surface area contributed by atoms with E-state index in [0.29, 0.717) is 11.8 Å². The summed E-state index contributed by atoms with van der Waals surface area (Å²) in [7, 11) is 1.69. The van der Waals surface area contributed by atoms with Crippen LogP contribution in [0.1, 0.15) is 38.5 Å². The van der Waals surface area contributed by atoms with Gasteiger partial charge in [-0.3, -0.25) is 4.79 Å². The van der Waals surface area contributed by atoms with Gasteiger partial charge in [-0.2, -0.15) is 0 Å². The molecule has 0 spiro atoms. The molecule has 0 unspecified atom stereocenters. The molecule has 0 radical (unpaired) electrons. The van der Waals surface area contributed by atoms with Crippen LogP contribution >= 0.6 is 11.3 Å². The fourth-order valence-electron chi connectivity index (χ4n) is 4.07. The van der Waals surface area contributed by atoms with E-state index in [4.69, 9.17) is 9.72 Å². The van der Waals surface area contributed by atoms with Gasteiger partial charge in [0.1, 0.15) is 5.75 Å². The summed E-state index contributed by atoms with van der Waals surface area (Å²) in [6.07, 6.45) is 7.17. The van der Waals surface area contributed by atoms with E-state index in [0.717, 1.165) is 53.7 Å². The van der Waals surface area contributed by atoms with Crippen molar-refractivity contribution in [2.45, 2.75) is 38.5 Å². The second-order valence-electron chi connectivity index (χ2n) is 7.41. The predicted molar refractivity (Wildman–Crippen MR) is 106 cm³/mol. The molecule has 0 atom stereocenters. The topological polar surface area (TPSA) is 45.7 Å². The molecule has 1 aromatic carbocycles. The Hall–Kier alpha value is -1.82. The summed E-state index contributed by atoms with van der Waals surface area (Å²) in [5.74, 6) is 1.84. The first-order valence-electron chi connectivity index (χ1n) is 9.70. The summed E-state index contributed by atoms with van der Waals surface area (Å²) >= 11 is 1.70. The van der Waals surface area contributed by atoms with Crippen molar-refractivity contribution in [3.05, 3.63) is 18.2 Å². The van der Waals surface area contributed by atoms with Crippen LogP contribution in [-0.2, 0) is 4.79 Å². The molecular formula is C20H27N3O2S. The van der Waals surface area contributed by atoms with Crippen molar-refractivity contribution < 1.29 is 9.53 Å². The number of aromatic nitrogens is 1. The van der Waals surface area contributed by atoms with Gasteiger partial charge < -0.3 is 14.5 Å². The zero-order valence-electron chi connectivity index (χ0n) is 15.4. The van der Waals surface area contributed by atoms with Crippen LogP contribution in [0.5, 0.6) is 5.75 Å². The fourth-order valence-corrected chi connectivity index (χ4v) is 5.12. The zero-order chi connectivity index (χ0) is 17.9. The first-order chi connectivity index (χ1) is 12.7. The van der Waals surface area contributed by atoms with E-state index in [1.165, 1.54) is 32.1 Å². The molecule has 1 saturated heterocycles. The van der Waals surface area contributed by atoms with Crippen LogP contribution < -0.4 is 9.64 Å². The highest BCUT2D eigenvalue weighted by Crippen LogP contribution is 2.32. The SMILES string of the molecule is COc1ccc2nc(N3CCN(C(=O)CC4CCCCC4)CC3)sc2c1. The molecule has 26 heavy (non-hydrogen) atoms. The number of ether oxygens (including phenoxy) is 1. The van der Waals surface area contributed by atoms with Gasteiger partial charge in [0.25, 0.3) is 0 Å². The number of thiazole rings is 1. The third kappa shape index (κ3) is 3.80. The molecule has 2 heterocycles. The van der Waals surface area contributed by atoms with E-state index in [1.807, 2.05) is 18.2 Å². The molecule has 1 aliphatic carbocycles. The van der Waals surface area contributed by atoms with Crippen LogP contribution in [0.2, 0.25) is 0 Å². The van der Waals surface area contributed by atoms with Gasteiger partial charge in [-0.1, -0.05) is 30.6 Å². The van der Waals surface area contributed by atoms with E-state index in [-0.39, 0.29) is 0 Å². The Morgan fingerprint density at radius 3 is 2.69 bits per heavy atom. The van der Waals surface area contributed by atoms with Crippen LogP contribution in [0.15, 0.2) is 18.2 Å². The van der Waals surface area contributed by atoms with Gasteiger partial charge in [0.05, 0.1) is 17.3 Å². The second kappa shape index (κ2) is 7.82. The van der Waals surface area contributed by atoms with E-state index in [9.17, 15) is 4.79 Å². The number of methoxy groups -OCH3 is 1. The molecule has 1 aromatic heterocycles. The Morgan fingerprint density at radius 1 is 1.19 bits per heavy atom. The molecule has 5 nitrogen and oxygen atoms in total. The molecule has 0 N–H and O–H groups in total. The zero-order valence-corrected chi connectivity index (χ0v) is 16.3. The predicted octanol–water partition coefficient (Wildman–Crippen LogP) is 3.92. The lowest BCUT2D eigenvalue weighted by Gasteiger charge is -2.35. The second-order valence-corrected chi connectivity index (χ2v) is 8.42. The van der Waals surface area contributed by atoms with Gasteiger partial charge in [-0.15, -0.1) is 0 Å². The smallest absolute Gasteiger partial charge is 0.222 e. The summed E-state index contributed by atoms with van der Waals surface area (Å²) in [5.41, 5.74) is 1.02. The lowest BCUT2D eigenvalue weighted by molar-refractivity contribution is -0.132. The van der Waals surface area contributed by atoms with Crippen molar-refractivity contribution in [1.29, 1.82) is 0 Å². The molecule has 2 aliphatic rings.